The van der Waals surface area contributed by atoms with Crippen molar-refractivity contribution < 1.29 is 9.53 Å². The first-order chi connectivity index (χ1) is 13.7. The number of ether oxygens (including phenoxy) is 1. The molecule has 4 nitrogen and oxygen atoms in total. The fraction of sp³-hybridized carbons (Fsp3) is 0.826. The Balaban J connectivity index is 1.97. The zero-order chi connectivity index (χ0) is 21.4. The Bertz CT molecular complexity index is 590. The summed E-state index contributed by atoms with van der Waals surface area (Å²) in [4.78, 5) is 18.6. The summed E-state index contributed by atoms with van der Waals surface area (Å²) in [7, 11) is 0. The molecule has 2 aliphatic rings. The average molecular weight is 441 g/mol. The van der Waals surface area contributed by atoms with Crippen molar-refractivity contribution in [1.29, 1.82) is 0 Å². The summed E-state index contributed by atoms with van der Waals surface area (Å²) in [5.41, 5.74) is -0.166. The van der Waals surface area contributed by atoms with Gasteiger partial charge in [-0.3, -0.25) is 4.99 Å². The SMILES string of the molecule is CCSC(=NC(C)(C)/C=C(\CC)SC1CC1)C1CCC(NC(=O)OC(C)C)CC1. The van der Waals surface area contributed by atoms with Crippen LogP contribution in [0.5, 0.6) is 0 Å². The van der Waals surface area contributed by atoms with Crippen LogP contribution in [-0.4, -0.2) is 39.8 Å². The molecule has 0 aliphatic heterocycles. The quantitative estimate of drug-likeness (QED) is 0.316. The lowest BCUT2D eigenvalue weighted by Gasteiger charge is -2.31. The van der Waals surface area contributed by atoms with Gasteiger partial charge in [-0.05, 0) is 89.4 Å². The molecule has 29 heavy (non-hydrogen) atoms. The predicted octanol–water partition coefficient (Wildman–Crippen LogP) is 6.80. The average Bonchev–Trinajstić information content (AvgIpc) is 3.44. The van der Waals surface area contributed by atoms with Crippen LogP contribution in [0.2, 0.25) is 0 Å². The maximum absolute atomic E-state index is 11.9. The van der Waals surface area contributed by atoms with Crippen molar-refractivity contribution in [3.8, 4) is 0 Å². The molecule has 0 saturated heterocycles. The van der Waals surface area contributed by atoms with Crippen LogP contribution in [0.3, 0.4) is 0 Å². The molecule has 2 aliphatic carbocycles. The lowest BCUT2D eigenvalue weighted by molar-refractivity contribution is 0.109. The van der Waals surface area contributed by atoms with Gasteiger partial charge in [-0.1, -0.05) is 13.8 Å². The van der Waals surface area contributed by atoms with Crippen LogP contribution >= 0.6 is 23.5 Å². The number of allylic oxidation sites excluding steroid dienone is 1. The number of rotatable bonds is 9. The Kier molecular flexibility index (Phi) is 9.93. The number of nitrogens with zero attached hydrogens (tertiary/aromatic N) is 1. The Hall–Kier alpha value is -0.620. The number of thioether (sulfide) groups is 2. The first-order valence-corrected chi connectivity index (χ1v) is 13.2. The molecule has 0 heterocycles. The third kappa shape index (κ3) is 9.37. The maximum Gasteiger partial charge on any atom is 0.407 e. The number of carbonyl (C=O) groups is 1. The summed E-state index contributed by atoms with van der Waals surface area (Å²) in [6.07, 6.45) is 10.0. The Morgan fingerprint density at radius 2 is 1.83 bits per heavy atom. The fourth-order valence-corrected chi connectivity index (χ4v) is 6.01. The molecule has 6 heteroatoms. The Morgan fingerprint density at radius 3 is 2.34 bits per heavy atom. The van der Waals surface area contributed by atoms with E-state index in [1.165, 1.54) is 22.8 Å². The zero-order valence-corrected chi connectivity index (χ0v) is 20.8. The van der Waals surface area contributed by atoms with E-state index in [1.54, 1.807) is 0 Å². The predicted molar refractivity (Wildman–Crippen MR) is 129 cm³/mol. The number of carbonyl (C=O) groups excluding carboxylic acids is 1. The van der Waals surface area contributed by atoms with E-state index < -0.39 is 0 Å². The largest absolute Gasteiger partial charge is 0.447 e. The van der Waals surface area contributed by atoms with Gasteiger partial charge in [-0.25, -0.2) is 4.79 Å². The van der Waals surface area contributed by atoms with E-state index in [0.717, 1.165) is 43.1 Å². The van der Waals surface area contributed by atoms with Crippen molar-refractivity contribution >= 4 is 34.7 Å². The maximum atomic E-state index is 11.9. The first kappa shape index (κ1) is 24.6. The van der Waals surface area contributed by atoms with Crippen molar-refractivity contribution in [3.63, 3.8) is 0 Å². The fourth-order valence-electron chi connectivity index (χ4n) is 3.62. The third-order valence-corrected chi connectivity index (χ3v) is 7.66. The molecule has 0 aromatic rings. The van der Waals surface area contributed by atoms with Crippen molar-refractivity contribution in [2.45, 2.75) is 109 Å². The number of alkyl carbamates (subject to hydrolysis) is 1. The molecule has 2 saturated carbocycles. The summed E-state index contributed by atoms with van der Waals surface area (Å²) < 4.78 is 5.22. The van der Waals surface area contributed by atoms with E-state index in [1.807, 2.05) is 25.6 Å². The minimum Gasteiger partial charge on any atom is -0.447 e. The van der Waals surface area contributed by atoms with Gasteiger partial charge in [-0.2, -0.15) is 0 Å². The topological polar surface area (TPSA) is 50.7 Å². The van der Waals surface area contributed by atoms with Crippen LogP contribution in [-0.2, 0) is 4.74 Å². The van der Waals surface area contributed by atoms with Crippen LogP contribution < -0.4 is 5.32 Å². The normalized spacial score (nSPS) is 24.0. The summed E-state index contributed by atoms with van der Waals surface area (Å²) in [5.74, 6) is 1.56. The van der Waals surface area contributed by atoms with Gasteiger partial charge < -0.3 is 10.1 Å². The van der Waals surface area contributed by atoms with Gasteiger partial charge in [0, 0.05) is 17.2 Å². The molecule has 2 rings (SSSR count). The second kappa shape index (κ2) is 11.7. The molecule has 0 radical (unpaired) electrons. The van der Waals surface area contributed by atoms with Crippen LogP contribution in [0.25, 0.3) is 0 Å². The first-order valence-electron chi connectivity index (χ1n) is 11.3. The number of amides is 1. The molecule has 2 fully saturated rings. The smallest absolute Gasteiger partial charge is 0.407 e. The van der Waals surface area contributed by atoms with Crippen LogP contribution in [0.15, 0.2) is 16.0 Å². The second-order valence-electron chi connectivity index (χ2n) is 8.97. The highest BCUT2D eigenvalue weighted by atomic mass is 32.2. The summed E-state index contributed by atoms with van der Waals surface area (Å²) in [6.45, 7) is 12.7. The van der Waals surface area contributed by atoms with E-state index in [0.29, 0.717) is 5.92 Å². The summed E-state index contributed by atoms with van der Waals surface area (Å²) in [5, 5.41) is 5.17. The number of aliphatic imine (C=N–C) groups is 1. The van der Waals surface area contributed by atoms with E-state index in [4.69, 9.17) is 9.73 Å². The van der Waals surface area contributed by atoms with Gasteiger partial charge in [0.15, 0.2) is 0 Å². The molecule has 1 N–H and O–H groups in total. The van der Waals surface area contributed by atoms with Crippen molar-refractivity contribution in [2.75, 3.05) is 5.75 Å². The van der Waals surface area contributed by atoms with Gasteiger partial charge >= 0.3 is 6.09 Å². The van der Waals surface area contributed by atoms with E-state index in [9.17, 15) is 4.79 Å². The molecule has 0 bridgehead atoms. The number of hydrogen-bond donors (Lipinski definition) is 1. The molecule has 0 atom stereocenters. The molecule has 0 aromatic carbocycles. The molecule has 0 spiro atoms. The molecule has 0 unspecified atom stereocenters. The minimum atomic E-state index is -0.285. The zero-order valence-electron chi connectivity index (χ0n) is 19.1. The minimum absolute atomic E-state index is 0.0765. The summed E-state index contributed by atoms with van der Waals surface area (Å²) in [6, 6.07) is 0.222. The third-order valence-electron chi connectivity index (χ3n) is 5.14. The highest BCUT2D eigenvalue weighted by molar-refractivity contribution is 8.13. The molecule has 0 aromatic heterocycles. The van der Waals surface area contributed by atoms with Gasteiger partial charge in [-0.15, -0.1) is 23.5 Å². The molecule has 166 valence electrons. The van der Waals surface area contributed by atoms with Crippen LogP contribution in [0.4, 0.5) is 4.79 Å². The van der Waals surface area contributed by atoms with E-state index >= 15 is 0 Å². The molecular weight excluding hydrogens is 400 g/mol. The molecule has 1 amide bonds. The Labute approximate surface area is 186 Å². The lowest BCUT2D eigenvalue weighted by Crippen LogP contribution is -2.39. The van der Waals surface area contributed by atoms with Crippen molar-refractivity contribution in [2.24, 2.45) is 10.9 Å². The van der Waals surface area contributed by atoms with Crippen LogP contribution in [0.1, 0.15) is 86.5 Å². The van der Waals surface area contributed by atoms with Gasteiger partial charge in [0.05, 0.1) is 16.7 Å². The van der Waals surface area contributed by atoms with Gasteiger partial charge in [0.2, 0.25) is 0 Å². The lowest BCUT2D eigenvalue weighted by atomic mass is 9.86. The number of nitrogens with one attached hydrogen (secondary N) is 1. The van der Waals surface area contributed by atoms with Crippen molar-refractivity contribution in [1.82, 2.24) is 5.32 Å². The van der Waals surface area contributed by atoms with E-state index in [2.05, 4.69) is 50.8 Å². The standard InChI is InChI=1S/C23H40N2O2S2/c1-7-19(29-20-13-14-20)15-23(5,6)25-21(28-8-2)17-9-11-18(12-10-17)24-22(26)27-16(3)4/h15-18,20H,7-14H2,1-6H3,(H,24,26)/b19-15+,25-21?. The second-order valence-corrected chi connectivity index (χ2v) is 11.7. The van der Waals surface area contributed by atoms with E-state index in [-0.39, 0.29) is 23.8 Å². The summed E-state index contributed by atoms with van der Waals surface area (Å²) >= 11 is 3.95. The van der Waals surface area contributed by atoms with Crippen molar-refractivity contribution in [3.05, 3.63) is 11.0 Å². The molecular formula is C23H40N2O2S2. The van der Waals surface area contributed by atoms with Gasteiger partial charge in [0.1, 0.15) is 0 Å². The Morgan fingerprint density at radius 1 is 1.17 bits per heavy atom. The number of hydrogen-bond acceptors (Lipinski definition) is 5. The van der Waals surface area contributed by atoms with Crippen LogP contribution in [0, 0.1) is 5.92 Å². The van der Waals surface area contributed by atoms with Gasteiger partial charge in [0.25, 0.3) is 0 Å². The highest BCUT2D eigenvalue weighted by Crippen LogP contribution is 2.41. The highest BCUT2D eigenvalue weighted by Gasteiger charge is 2.29. The monoisotopic (exact) mass is 440 g/mol.